The van der Waals surface area contributed by atoms with Crippen LogP contribution >= 0.6 is 7.75 Å². The second-order valence-electron chi connectivity index (χ2n) is 18.5. The van der Waals surface area contributed by atoms with E-state index in [4.69, 9.17) is 13.8 Å². The van der Waals surface area contributed by atoms with Crippen molar-refractivity contribution < 1.29 is 50.3 Å². The van der Waals surface area contributed by atoms with E-state index in [0.29, 0.717) is 49.7 Å². The summed E-state index contributed by atoms with van der Waals surface area (Å²) in [5.41, 5.74) is -1.60. The fraction of sp³-hybridized carbons (Fsp3) is 0.707. The van der Waals surface area contributed by atoms with E-state index in [-0.39, 0.29) is 50.7 Å². The largest absolute Gasteiger partial charge is 0.444 e. The third kappa shape index (κ3) is 10.1. The fourth-order valence-corrected chi connectivity index (χ4v) is 12.7. The Morgan fingerprint density at radius 2 is 1.57 bits per heavy atom. The minimum atomic E-state index is -4.19. The summed E-state index contributed by atoms with van der Waals surface area (Å²) in [5, 5.41) is 5.39. The highest BCUT2D eigenvalue weighted by atomic mass is 32.2. The van der Waals surface area contributed by atoms with Crippen LogP contribution in [-0.2, 0) is 56.0 Å². The van der Waals surface area contributed by atoms with Crippen molar-refractivity contribution in [1.29, 1.82) is 0 Å². The summed E-state index contributed by atoms with van der Waals surface area (Å²) in [7, 11) is -8.39. The van der Waals surface area contributed by atoms with Gasteiger partial charge in [0.25, 0.3) is 16.1 Å². The third-order valence-electron chi connectivity index (χ3n) is 12.8. The molecule has 1 aromatic rings. The van der Waals surface area contributed by atoms with E-state index >= 15 is 0 Å². The Morgan fingerprint density at radius 1 is 0.950 bits per heavy atom. The molecule has 7 rings (SSSR count). The number of nitrogens with zero attached hydrogens (tertiary/aromatic N) is 2. The molecule has 332 valence electrons. The first kappa shape index (κ1) is 44.6. The number of nitrogens with one attached hydrogen (secondary N) is 4. The Labute approximate surface area is 352 Å². The van der Waals surface area contributed by atoms with Gasteiger partial charge in [0.05, 0.1) is 25.3 Å². The number of carbonyl (C=O) groups is 4. The summed E-state index contributed by atoms with van der Waals surface area (Å²) < 4.78 is 78.9. The Bertz CT molecular complexity index is 1960. The van der Waals surface area contributed by atoms with Crippen LogP contribution < -0.4 is 19.8 Å². The Hall–Kier alpha value is -3.41. The van der Waals surface area contributed by atoms with Crippen LogP contribution in [0.5, 0.6) is 0 Å². The van der Waals surface area contributed by atoms with Crippen LogP contribution in [-0.4, -0.2) is 90.6 Å². The van der Waals surface area contributed by atoms with E-state index in [2.05, 4.69) is 26.4 Å². The van der Waals surface area contributed by atoms with Gasteiger partial charge in [0, 0.05) is 30.5 Å². The van der Waals surface area contributed by atoms with Crippen molar-refractivity contribution in [2.24, 2.45) is 11.3 Å². The normalized spacial score (nSPS) is 26.9. The number of ether oxygens (including phenoxy) is 1. The van der Waals surface area contributed by atoms with Crippen molar-refractivity contribution in [2.45, 2.75) is 166 Å². The first-order valence-corrected chi connectivity index (χ1v) is 24.5. The van der Waals surface area contributed by atoms with Gasteiger partial charge in [0.2, 0.25) is 11.8 Å². The van der Waals surface area contributed by atoms with Crippen LogP contribution in [0, 0.1) is 17.2 Å². The summed E-state index contributed by atoms with van der Waals surface area (Å²) in [6.45, 7) is 8.73. The lowest BCUT2D eigenvalue weighted by atomic mass is 9.86. The average Bonchev–Trinajstić information content (AvgIpc) is 3.92. The van der Waals surface area contributed by atoms with Crippen LogP contribution in [0.4, 0.5) is 9.18 Å². The van der Waals surface area contributed by atoms with Gasteiger partial charge in [0.15, 0.2) is 0 Å². The molecule has 19 heteroatoms. The van der Waals surface area contributed by atoms with E-state index in [9.17, 15) is 36.6 Å². The number of carbonyl (C=O) groups excluding carboxylic acids is 4. The van der Waals surface area contributed by atoms with Crippen molar-refractivity contribution in [1.82, 2.24) is 29.6 Å². The molecule has 2 aliphatic heterocycles. The summed E-state index contributed by atoms with van der Waals surface area (Å²) in [5.74, 6) is -3.29. The number of benzene rings is 1. The molecule has 60 heavy (non-hydrogen) atoms. The summed E-state index contributed by atoms with van der Waals surface area (Å²) >= 11 is 0. The number of hydrogen-bond acceptors (Lipinski definition) is 10. The quantitative estimate of drug-likeness (QED) is 0.134. The second-order valence-corrected chi connectivity index (χ2v) is 21.6. The van der Waals surface area contributed by atoms with Crippen LogP contribution in [0.25, 0.3) is 0 Å². The van der Waals surface area contributed by atoms with Crippen molar-refractivity contribution in [3.05, 3.63) is 47.8 Å². The minimum Gasteiger partial charge on any atom is -0.444 e. The van der Waals surface area contributed by atoms with E-state index in [1.54, 1.807) is 32.9 Å². The zero-order chi connectivity index (χ0) is 43.0. The van der Waals surface area contributed by atoms with E-state index < -0.39 is 82.6 Å². The number of amides is 4. The van der Waals surface area contributed by atoms with Gasteiger partial charge in [-0.25, -0.2) is 13.8 Å². The Kier molecular flexibility index (Phi) is 13.2. The molecule has 4 N–H and O–H groups in total. The maximum Gasteiger partial charge on any atom is 0.435 e. The lowest BCUT2D eigenvalue weighted by Gasteiger charge is -2.35. The average molecular weight is 879 g/mol. The van der Waals surface area contributed by atoms with Gasteiger partial charge in [-0.1, -0.05) is 77.5 Å². The van der Waals surface area contributed by atoms with E-state index in [0.717, 1.165) is 38.5 Å². The van der Waals surface area contributed by atoms with Crippen LogP contribution in [0.2, 0.25) is 0 Å². The Balaban J connectivity index is 1.12. The fourth-order valence-electron chi connectivity index (χ4n) is 9.34. The maximum atomic E-state index is 14.7. The molecule has 2 heterocycles. The lowest BCUT2D eigenvalue weighted by Crippen LogP contribution is -2.61. The van der Waals surface area contributed by atoms with Gasteiger partial charge in [-0.3, -0.25) is 33.4 Å². The molecule has 0 aromatic heterocycles. The van der Waals surface area contributed by atoms with Gasteiger partial charge < -0.3 is 15.0 Å². The standard InChI is InChI=1S/C41H60FN6O10PS/c1-5-27-22-41(27,38(51)44-59(53,57-29-16-8-9-17-29)58-30-18-10-11-19-30)43-36(49)34-21-31(56-39(52)47-23-26-13-12-20-33(42)32(26)25-47)24-48(34)37(50)35(40(2,3)4)46-60(54,55)45-28-14-6-7-15-28/h5,12-13,20,27-31,34-35,45-46H,1,6-11,14-19,21-25H2,2-4H3,(H,43,49)(H,44,51,53)/t27?,31?,34-,35+,41+/m0/s1. The molecule has 6 aliphatic rings. The van der Waals surface area contributed by atoms with Crippen LogP contribution in [0.1, 0.15) is 122 Å². The molecule has 1 saturated heterocycles. The number of halogens is 1. The number of likely N-dealkylation sites (tertiary alicyclic amines) is 1. The van der Waals surface area contributed by atoms with Crippen LogP contribution in [0.15, 0.2) is 30.9 Å². The highest BCUT2D eigenvalue weighted by Gasteiger charge is 2.62. The third-order valence-corrected chi connectivity index (χ3v) is 15.7. The molecule has 2 unspecified atom stereocenters. The highest BCUT2D eigenvalue weighted by Crippen LogP contribution is 2.53. The van der Waals surface area contributed by atoms with Gasteiger partial charge in [0.1, 0.15) is 29.5 Å². The van der Waals surface area contributed by atoms with Crippen LogP contribution in [0.3, 0.4) is 0 Å². The molecule has 4 saturated carbocycles. The number of fused-ring (bicyclic) bond motifs is 1. The van der Waals surface area contributed by atoms with E-state index in [1.165, 1.54) is 21.9 Å². The topological polar surface area (TPSA) is 202 Å². The van der Waals surface area contributed by atoms with Crippen molar-refractivity contribution in [3.63, 3.8) is 0 Å². The molecule has 0 radical (unpaired) electrons. The number of rotatable bonds is 15. The first-order valence-electron chi connectivity index (χ1n) is 21.4. The SMILES string of the molecule is C=CC1C[C@]1(NC(=O)[C@@H]1CC(OC(=O)N2Cc3cccc(F)c3C2)CN1C(=O)[C@@H](NS(=O)(=O)NC1CCCC1)C(C)(C)C)C(=O)NP(=O)(OC1CCCC1)OC1CCCC1. The molecule has 4 amide bonds. The smallest absolute Gasteiger partial charge is 0.435 e. The molecule has 1 aromatic carbocycles. The van der Waals surface area contributed by atoms with Crippen molar-refractivity contribution in [2.75, 3.05) is 6.54 Å². The molecule has 5 atom stereocenters. The molecule has 4 aliphatic carbocycles. The maximum absolute atomic E-state index is 14.7. The first-order chi connectivity index (χ1) is 28.4. The monoisotopic (exact) mass is 878 g/mol. The van der Waals surface area contributed by atoms with Crippen molar-refractivity contribution in [3.8, 4) is 0 Å². The van der Waals surface area contributed by atoms with Gasteiger partial charge >= 0.3 is 13.8 Å². The minimum absolute atomic E-state index is 0.0264. The molecule has 5 fully saturated rings. The predicted octanol–water partition coefficient (Wildman–Crippen LogP) is 5.23. The summed E-state index contributed by atoms with van der Waals surface area (Å²) in [6, 6.07) is 1.63. The van der Waals surface area contributed by atoms with Crippen molar-refractivity contribution >= 4 is 41.8 Å². The zero-order valence-corrected chi connectivity index (χ0v) is 36.5. The predicted molar refractivity (Wildman–Crippen MR) is 218 cm³/mol. The van der Waals surface area contributed by atoms with Gasteiger partial charge in [-0.15, -0.1) is 6.58 Å². The molecular formula is C41H60FN6O10PS. The molecule has 0 spiro atoms. The van der Waals surface area contributed by atoms with Gasteiger partial charge in [-0.2, -0.15) is 17.9 Å². The molecular weight excluding hydrogens is 819 g/mol. The van der Waals surface area contributed by atoms with E-state index in [1.807, 2.05) is 0 Å². The Morgan fingerprint density at radius 3 is 2.13 bits per heavy atom. The highest BCUT2D eigenvalue weighted by molar-refractivity contribution is 7.87. The van der Waals surface area contributed by atoms with Gasteiger partial charge in [-0.05, 0) is 62.0 Å². The molecule has 0 bridgehead atoms. The number of hydrogen-bond donors (Lipinski definition) is 4. The second kappa shape index (κ2) is 17.8. The summed E-state index contributed by atoms with van der Waals surface area (Å²) in [4.78, 5) is 59.6. The lowest BCUT2D eigenvalue weighted by molar-refractivity contribution is -0.142. The molecule has 16 nitrogen and oxygen atoms in total. The summed E-state index contributed by atoms with van der Waals surface area (Å²) in [6.07, 6.45) is 8.29. The zero-order valence-electron chi connectivity index (χ0n) is 34.8.